The fraction of sp³-hybridized carbons (Fsp3) is 0.562. The third-order valence-corrected chi connectivity index (χ3v) is 4.37. The zero-order chi connectivity index (χ0) is 14.7. The largest absolute Gasteiger partial charge is 0.490 e. The number of fused-ring (bicyclic) bond motifs is 1. The van der Waals surface area contributed by atoms with Crippen molar-refractivity contribution >= 4 is 23.2 Å². The van der Waals surface area contributed by atoms with Crippen LogP contribution in [0, 0.1) is 5.92 Å². The lowest BCUT2D eigenvalue weighted by atomic mass is 10.0. The minimum Gasteiger partial charge on any atom is -0.490 e. The SMILES string of the molecule is O=C(CC1CCCC1)Nc1cc2c(cc1Cl)OCCCO2. The smallest absolute Gasteiger partial charge is 0.224 e. The molecule has 1 aliphatic heterocycles. The highest BCUT2D eigenvalue weighted by Crippen LogP contribution is 2.38. The van der Waals surface area contributed by atoms with E-state index in [0.717, 1.165) is 19.3 Å². The van der Waals surface area contributed by atoms with E-state index in [1.165, 1.54) is 12.8 Å². The van der Waals surface area contributed by atoms with E-state index in [2.05, 4.69) is 5.32 Å². The van der Waals surface area contributed by atoms with Crippen molar-refractivity contribution in [2.45, 2.75) is 38.5 Å². The molecule has 5 heteroatoms. The minimum absolute atomic E-state index is 0.0262. The molecule has 1 aliphatic carbocycles. The van der Waals surface area contributed by atoms with E-state index in [4.69, 9.17) is 21.1 Å². The monoisotopic (exact) mass is 309 g/mol. The van der Waals surface area contributed by atoms with Gasteiger partial charge in [0.2, 0.25) is 5.91 Å². The maximum atomic E-state index is 12.1. The van der Waals surface area contributed by atoms with Crippen LogP contribution in [0.5, 0.6) is 11.5 Å². The van der Waals surface area contributed by atoms with Crippen LogP contribution in [0.3, 0.4) is 0 Å². The zero-order valence-corrected chi connectivity index (χ0v) is 12.7. The third kappa shape index (κ3) is 3.62. The summed E-state index contributed by atoms with van der Waals surface area (Å²) in [6.45, 7) is 1.24. The average Bonchev–Trinajstić information content (AvgIpc) is 2.85. The fourth-order valence-corrected chi connectivity index (χ4v) is 3.16. The molecule has 21 heavy (non-hydrogen) atoms. The molecule has 0 radical (unpaired) electrons. The molecule has 1 saturated carbocycles. The minimum atomic E-state index is 0.0262. The molecule has 1 aromatic carbocycles. The molecule has 0 unspecified atom stereocenters. The number of carbonyl (C=O) groups excluding carboxylic acids is 1. The van der Waals surface area contributed by atoms with Gasteiger partial charge >= 0.3 is 0 Å². The van der Waals surface area contributed by atoms with Crippen molar-refractivity contribution in [3.8, 4) is 11.5 Å². The molecule has 1 heterocycles. The zero-order valence-electron chi connectivity index (χ0n) is 12.0. The summed E-state index contributed by atoms with van der Waals surface area (Å²) in [5, 5.41) is 3.39. The van der Waals surface area contributed by atoms with Crippen LogP contribution in [-0.4, -0.2) is 19.1 Å². The Morgan fingerprint density at radius 2 is 1.81 bits per heavy atom. The Morgan fingerprint density at radius 3 is 2.52 bits per heavy atom. The van der Waals surface area contributed by atoms with E-state index in [1.807, 2.05) is 0 Å². The van der Waals surface area contributed by atoms with Gasteiger partial charge in [-0.2, -0.15) is 0 Å². The van der Waals surface area contributed by atoms with Gasteiger partial charge in [-0.1, -0.05) is 24.4 Å². The Bertz CT molecular complexity index is 526. The molecule has 4 nitrogen and oxygen atoms in total. The Hall–Kier alpha value is -1.42. The Kier molecular flexibility index (Phi) is 4.54. The molecule has 0 saturated heterocycles. The standard InChI is InChI=1S/C16H20ClNO3/c17-12-9-14-15(21-7-3-6-20-14)10-13(12)18-16(19)8-11-4-1-2-5-11/h9-11H,1-8H2,(H,18,19). The Labute approximate surface area is 129 Å². The lowest BCUT2D eigenvalue weighted by molar-refractivity contribution is -0.117. The third-order valence-electron chi connectivity index (χ3n) is 4.06. The second-order valence-electron chi connectivity index (χ2n) is 5.73. The van der Waals surface area contributed by atoms with Crippen LogP contribution in [0.2, 0.25) is 5.02 Å². The lowest BCUT2D eigenvalue weighted by Gasteiger charge is -2.14. The van der Waals surface area contributed by atoms with Crippen LogP contribution >= 0.6 is 11.6 Å². The molecular formula is C16H20ClNO3. The van der Waals surface area contributed by atoms with Crippen molar-refractivity contribution in [2.75, 3.05) is 18.5 Å². The first-order chi connectivity index (χ1) is 10.2. The van der Waals surface area contributed by atoms with Crippen LogP contribution in [0.1, 0.15) is 38.5 Å². The van der Waals surface area contributed by atoms with Crippen molar-refractivity contribution in [1.29, 1.82) is 0 Å². The quantitative estimate of drug-likeness (QED) is 0.917. The Morgan fingerprint density at radius 1 is 1.14 bits per heavy atom. The van der Waals surface area contributed by atoms with Gasteiger partial charge < -0.3 is 14.8 Å². The molecule has 0 bridgehead atoms. The van der Waals surface area contributed by atoms with E-state index in [0.29, 0.717) is 47.8 Å². The van der Waals surface area contributed by atoms with Gasteiger partial charge in [0, 0.05) is 25.0 Å². The summed E-state index contributed by atoms with van der Waals surface area (Å²) in [5.74, 6) is 1.84. The van der Waals surface area contributed by atoms with Crippen LogP contribution in [-0.2, 0) is 4.79 Å². The van der Waals surface area contributed by atoms with Crippen molar-refractivity contribution in [3.05, 3.63) is 17.2 Å². The number of hydrogen-bond acceptors (Lipinski definition) is 3. The molecule has 0 spiro atoms. The predicted molar refractivity (Wildman–Crippen MR) is 82.3 cm³/mol. The summed E-state index contributed by atoms with van der Waals surface area (Å²) < 4.78 is 11.2. The van der Waals surface area contributed by atoms with E-state index in [-0.39, 0.29) is 5.91 Å². The molecular weight excluding hydrogens is 290 g/mol. The van der Waals surface area contributed by atoms with Gasteiger partial charge in [0.1, 0.15) is 0 Å². The van der Waals surface area contributed by atoms with Crippen LogP contribution < -0.4 is 14.8 Å². The Balaban J connectivity index is 1.69. The van der Waals surface area contributed by atoms with Gasteiger partial charge in [-0.05, 0) is 18.8 Å². The molecule has 1 N–H and O–H groups in total. The maximum Gasteiger partial charge on any atom is 0.224 e. The highest BCUT2D eigenvalue weighted by molar-refractivity contribution is 6.34. The van der Waals surface area contributed by atoms with Crippen LogP contribution in [0.25, 0.3) is 0 Å². The fourth-order valence-electron chi connectivity index (χ4n) is 2.96. The van der Waals surface area contributed by atoms with Gasteiger partial charge in [0.05, 0.1) is 23.9 Å². The highest BCUT2D eigenvalue weighted by Gasteiger charge is 2.20. The van der Waals surface area contributed by atoms with Gasteiger partial charge in [-0.25, -0.2) is 0 Å². The lowest BCUT2D eigenvalue weighted by Crippen LogP contribution is -2.15. The van der Waals surface area contributed by atoms with Gasteiger partial charge in [-0.15, -0.1) is 0 Å². The molecule has 114 valence electrons. The van der Waals surface area contributed by atoms with E-state index < -0.39 is 0 Å². The maximum absolute atomic E-state index is 12.1. The van der Waals surface area contributed by atoms with E-state index >= 15 is 0 Å². The summed E-state index contributed by atoms with van der Waals surface area (Å²) in [6.07, 6.45) is 6.20. The first-order valence-electron chi connectivity index (χ1n) is 7.61. The second kappa shape index (κ2) is 6.56. The van der Waals surface area contributed by atoms with Crippen molar-refractivity contribution in [3.63, 3.8) is 0 Å². The summed E-state index contributed by atoms with van der Waals surface area (Å²) in [7, 11) is 0. The van der Waals surface area contributed by atoms with Gasteiger partial charge in [0.25, 0.3) is 0 Å². The molecule has 2 aliphatic rings. The van der Waals surface area contributed by atoms with Gasteiger partial charge in [-0.3, -0.25) is 4.79 Å². The van der Waals surface area contributed by atoms with Crippen molar-refractivity contribution < 1.29 is 14.3 Å². The van der Waals surface area contributed by atoms with Crippen LogP contribution in [0.15, 0.2) is 12.1 Å². The van der Waals surface area contributed by atoms with E-state index in [1.54, 1.807) is 12.1 Å². The van der Waals surface area contributed by atoms with E-state index in [9.17, 15) is 4.79 Å². The number of halogens is 1. The number of amides is 1. The number of rotatable bonds is 3. The average molecular weight is 310 g/mol. The number of benzene rings is 1. The normalized spacial score (nSPS) is 18.3. The summed E-state index contributed by atoms with van der Waals surface area (Å²) >= 11 is 6.22. The first-order valence-corrected chi connectivity index (χ1v) is 7.99. The van der Waals surface area contributed by atoms with Crippen molar-refractivity contribution in [1.82, 2.24) is 0 Å². The number of nitrogens with one attached hydrogen (secondary N) is 1. The first kappa shape index (κ1) is 14.5. The number of carbonyl (C=O) groups is 1. The summed E-state index contributed by atoms with van der Waals surface area (Å²) in [5.41, 5.74) is 0.601. The predicted octanol–water partition coefficient (Wildman–Crippen LogP) is 4.02. The number of anilines is 1. The molecule has 0 atom stereocenters. The van der Waals surface area contributed by atoms with Crippen LogP contribution in [0.4, 0.5) is 5.69 Å². The number of ether oxygens (including phenoxy) is 2. The highest BCUT2D eigenvalue weighted by atomic mass is 35.5. The van der Waals surface area contributed by atoms with Crippen molar-refractivity contribution in [2.24, 2.45) is 5.92 Å². The molecule has 0 aromatic heterocycles. The summed E-state index contributed by atoms with van der Waals surface area (Å²) in [4.78, 5) is 12.1. The van der Waals surface area contributed by atoms with Gasteiger partial charge in [0.15, 0.2) is 11.5 Å². The second-order valence-corrected chi connectivity index (χ2v) is 6.14. The number of hydrogen-bond donors (Lipinski definition) is 1. The summed E-state index contributed by atoms with van der Waals surface area (Å²) in [6, 6.07) is 3.48. The topological polar surface area (TPSA) is 47.6 Å². The molecule has 1 amide bonds. The molecule has 1 aromatic rings. The molecule has 1 fully saturated rings. The molecule has 3 rings (SSSR count).